The van der Waals surface area contributed by atoms with Crippen LogP contribution in [0.25, 0.3) is 5.69 Å². The van der Waals surface area contributed by atoms with Crippen molar-refractivity contribution >= 4 is 28.9 Å². The number of halogens is 1. The fraction of sp³-hybridized carbons (Fsp3) is 0.125. The Labute approximate surface area is 191 Å². The van der Waals surface area contributed by atoms with Crippen molar-refractivity contribution in [1.29, 1.82) is 0 Å². The number of thiocarbonyl (C=S) groups is 1. The van der Waals surface area contributed by atoms with Crippen LogP contribution in [0.15, 0.2) is 91.4 Å². The predicted molar refractivity (Wildman–Crippen MR) is 126 cm³/mol. The largest absolute Gasteiger partial charge is 0.352 e. The summed E-state index contributed by atoms with van der Waals surface area (Å²) in [5, 5.41) is 4.88. The molecule has 0 spiro atoms. The molecule has 1 saturated heterocycles. The lowest BCUT2D eigenvalue weighted by Gasteiger charge is -2.28. The number of hydrogen-bond donors (Lipinski definition) is 1. The van der Waals surface area contributed by atoms with Crippen molar-refractivity contribution in [2.24, 2.45) is 0 Å². The van der Waals surface area contributed by atoms with E-state index in [0.29, 0.717) is 16.7 Å². The van der Waals surface area contributed by atoms with Gasteiger partial charge in [-0.3, -0.25) is 9.97 Å². The molecule has 0 aliphatic carbocycles. The van der Waals surface area contributed by atoms with Gasteiger partial charge in [0.15, 0.2) is 5.11 Å². The topological polar surface area (TPSA) is 46.0 Å². The number of pyridine rings is 2. The maximum absolute atomic E-state index is 6.28. The van der Waals surface area contributed by atoms with Gasteiger partial charge in [-0.05, 0) is 66.8 Å². The van der Waals surface area contributed by atoms with Gasteiger partial charge in [0.1, 0.15) is 0 Å². The van der Waals surface area contributed by atoms with E-state index < -0.39 is 0 Å². The van der Waals surface area contributed by atoms with Crippen molar-refractivity contribution in [3.8, 4) is 5.69 Å². The Bertz CT molecular complexity index is 1190. The van der Waals surface area contributed by atoms with E-state index in [1.165, 1.54) is 0 Å². The average Bonchev–Trinajstić information content (AvgIpc) is 3.40. The molecule has 5 rings (SSSR count). The second kappa shape index (κ2) is 8.49. The summed E-state index contributed by atoms with van der Waals surface area (Å²) in [5.41, 5.74) is 4.00. The lowest BCUT2D eigenvalue weighted by molar-refractivity contribution is 0.299. The van der Waals surface area contributed by atoms with Gasteiger partial charge < -0.3 is 14.8 Å². The highest BCUT2D eigenvalue weighted by molar-refractivity contribution is 7.80. The van der Waals surface area contributed by atoms with Crippen LogP contribution in [-0.2, 0) is 6.54 Å². The molecule has 7 heteroatoms. The molecule has 0 saturated carbocycles. The number of benzene rings is 1. The van der Waals surface area contributed by atoms with Crippen LogP contribution in [0.1, 0.15) is 29.2 Å². The maximum Gasteiger partial charge on any atom is 0.170 e. The molecule has 4 heterocycles. The first kappa shape index (κ1) is 19.7. The fourth-order valence-corrected chi connectivity index (χ4v) is 4.55. The van der Waals surface area contributed by atoms with E-state index in [9.17, 15) is 0 Å². The molecule has 2 atom stereocenters. The van der Waals surface area contributed by atoms with Gasteiger partial charge in [0.25, 0.3) is 0 Å². The second-order valence-corrected chi connectivity index (χ2v) is 8.18. The highest BCUT2D eigenvalue weighted by atomic mass is 35.5. The highest BCUT2D eigenvalue weighted by Gasteiger charge is 2.41. The van der Waals surface area contributed by atoms with Crippen molar-refractivity contribution < 1.29 is 0 Å². The lowest BCUT2D eigenvalue weighted by atomic mass is 10.0. The third kappa shape index (κ3) is 3.92. The number of hydrogen-bond acceptors (Lipinski definition) is 3. The third-order valence-electron chi connectivity index (χ3n) is 5.43. The Balaban J connectivity index is 1.61. The number of nitrogens with one attached hydrogen (secondary N) is 1. The van der Waals surface area contributed by atoms with Crippen molar-refractivity contribution in [2.75, 3.05) is 0 Å². The van der Waals surface area contributed by atoms with Gasteiger partial charge in [-0.1, -0.05) is 29.8 Å². The molecule has 1 aliphatic rings. The molecule has 5 nitrogen and oxygen atoms in total. The SMILES string of the molecule is S=C1N[C@@H](c2ccccn2)[C@@H](c2cccn2-c2cccc(Cl)c2)N1Cc1ccccn1. The minimum Gasteiger partial charge on any atom is -0.352 e. The zero-order valence-electron chi connectivity index (χ0n) is 16.6. The molecule has 0 unspecified atom stereocenters. The smallest absolute Gasteiger partial charge is 0.170 e. The molecule has 0 radical (unpaired) electrons. The Morgan fingerprint density at radius 3 is 2.52 bits per heavy atom. The molecule has 0 amide bonds. The zero-order valence-corrected chi connectivity index (χ0v) is 18.2. The van der Waals surface area contributed by atoms with Crippen LogP contribution < -0.4 is 5.32 Å². The molecule has 154 valence electrons. The molecule has 3 aromatic heterocycles. The summed E-state index contributed by atoms with van der Waals surface area (Å²) in [5.74, 6) is 0. The summed E-state index contributed by atoms with van der Waals surface area (Å²) in [6, 6.07) is 23.8. The Morgan fingerprint density at radius 2 is 1.77 bits per heavy atom. The van der Waals surface area contributed by atoms with Gasteiger partial charge >= 0.3 is 0 Å². The summed E-state index contributed by atoms with van der Waals surface area (Å²) in [6.07, 6.45) is 5.67. The van der Waals surface area contributed by atoms with E-state index >= 15 is 0 Å². The number of rotatable bonds is 5. The van der Waals surface area contributed by atoms with Crippen molar-refractivity contribution in [3.63, 3.8) is 0 Å². The van der Waals surface area contributed by atoms with E-state index in [4.69, 9.17) is 23.8 Å². The van der Waals surface area contributed by atoms with Crippen LogP contribution in [0.3, 0.4) is 0 Å². The normalized spacial score (nSPS) is 18.2. The van der Waals surface area contributed by atoms with Crippen molar-refractivity contribution in [3.05, 3.63) is 113 Å². The third-order valence-corrected chi connectivity index (χ3v) is 6.01. The summed E-state index contributed by atoms with van der Waals surface area (Å²) in [4.78, 5) is 11.3. The van der Waals surface area contributed by atoms with E-state index in [-0.39, 0.29) is 12.1 Å². The minimum absolute atomic E-state index is 0.0709. The Kier molecular flexibility index (Phi) is 5.40. The summed E-state index contributed by atoms with van der Waals surface area (Å²) >= 11 is 12.1. The van der Waals surface area contributed by atoms with Crippen LogP contribution in [-0.4, -0.2) is 24.5 Å². The van der Waals surface area contributed by atoms with Crippen molar-refractivity contribution in [1.82, 2.24) is 24.8 Å². The molecule has 0 bridgehead atoms. The number of nitrogens with zero attached hydrogens (tertiary/aromatic N) is 4. The quantitative estimate of drug-likeness (QED) is 0.433. The Hall–Kier alpha value is -3.22. The van der Waals surface area contributed by atoms with Crippen LogP contribution >= 0.6 is 23.8 Å². The van der Waals surface area contributed by atoms with Crippen molar-refractivity contribution in [2.45, 2.75) is 18.6 Å². The van der Waals surface area contributed by atoms with Gasteiger partial charge in [-0.15, -0.1) is 0 Å². The Morgan fingerprint density at radius 1 is 0.935 bits per heavy atom. The van der Waals surface area contributed by atoms with Crippen LogP contribution in [0.4, 0.5) is 0 Å². The monoisotopic (exact) mass is 445 g/mol. The maximum atomic E-state index is 6.28. The minimum atomic E-state index is -0.0924. The molecule has 31 heavy (non-hydrogen) atoms. The number of aromatic nitrogens is 3. The summed E-state index contributed by atoms with van der Waals surface area (Å²) in [6.45, 7) is 0.599. The fourth-order valence-electron chi connectivity index (χ4n) is 4.06. The molecular formula is C24H20ClN5S. The predicted octanol–water partition coefficient (Wildman–Crippen LogP) is 5.09. The van der Waals surface area contributed by atoms with Crippen LogP contribution in [0.2, 0.25) is 5.02 Å². The average molecular weight is 446 g/mol. The van der Waals surface area contributed by atoms with E-state index in [1.807, 2.05) is 73.1 Å². The standard InChI is InChI=1S/C24H20ClN5S/c25-17-7-5-9-19(15-17)29-14-6-11-21(29)23-22(20-10-2-4-13-27-20)28-24(31)30(23)16-18-8-1-3-12-26-18/h1-15,22-23H,16H2,(H,28,31)/t22-,23+/m0/s1. The first-order chi connectivity index (χ1) is 15.2. The van der Waals surface area contributed by atoms with Crippen LogP contribution in [0, 0.1) is 0 Å². The van der Waals surface area contributed by atoms with E-state index in [2.05, 4.69) is 43.1 Å². The first-order valence-corrected chi connectivity index (χ1v) is 10.8. The molecule has 1 aromatic carbocycles. The second-order valence-electron chi connectivity index (χ2n) is 7.36. The zero-order chi connectivity index (χ0) is 21.2. The summed E-state index contributed by atoms with van der Waals surface area (Å²) in [7, 11) is 0. The van der Waals surface area contributed by atoms with Gasteiger partial charge in [0.2, 0.25) is 0 Å². The van der Waals surface area contributed by atoms with Gasteiger partial charge in [0.05, 0.1) is 30.0 Å². The molecule has 1 fully saturated rings. The van der Waals surface area contributed by atoms with E-state index in [0.717, 1.165) is 22.8 Å². The molecule has 1 aliphatic heterocycles. The lowest BCUT2D eigenvalue weighted by Crippen LogP contribution is -2.30. The first-order valence-electron chi connectivity index (χ1n) is 10.0. The summed E-state index contributed by atoms with van der Waals surface area (Å²) < 4.78 is 2.16. The van der Waals surface area contributed by atoms with E-state index in [1.54, 1.807) is 0 Å². The highest BCUT2D eigenvalue weighted by Crippen LogP contribution is 2.40. The molecule has 4 aromatic rings. The van der Waals surface area contributed by atoms with Gasteiger partial charge in [-0.2, -0.15) is 0 Å². The molecular weight excluding hydrogens is 426 g/mol. The van der Waals surface area contributed by atoms with Gasteiger partial charge in [-0.25, -0.2) is 0 Å². The van der Waals surface area contributed by atoms with Crippen LogP contribution in [0.5, 0.6) is 0 Å². The van der Waals surface area contributed by atoms with Gasteiger partial charge in [0, 0.05) is 35.0 Å². The molecule has 1 N–H and O–H groups in total.